The lowest BCUT2D eigenvalue weighted by molar-refractivity contribution is 0.0995. The Morgan fingerprint density at radius 3 is 2.67 bits per heavy atom. The fraction of sp³-hybridized carbons (Fsp3) is 0.286. The molecule has 94 valence electrons. The van der Waals surface area contributed by atoms with Crippen LogP contribution in [0, 0.1) is 6.92 Å². The summed E-state index contributed by atoms with van der Waals surface area (Å²) in [6.07, 6.45) is 1.65. The zero-order valence-electron chi connectivity index (χ0n) is 10.4. The molecule has 1 unspecified atom stereocenters. The van der Waals surface area contributed by atoms with Crippen molar-refractivity contribution in [2.24, 2.45) is 0 Å². The number of nitrogens with zero attached hydrogens (tertiary/aromatic N) is 2. The first-order valence-electron chi connectivity index (χ1n) is 5.84. The number of ketones is 1. The van der Waals surface area contributed by atoms with Gasteiger partial charge in [-0.1, -0.05) is 46.3 Å². The molecule has 4 heteroatoms. The van der Waals surface area contributed by atoms with Gasteiger partial charge in [-0.25, -0.2) is 0 Å². The van der Waals surface area contributed by atoms with Crippen LogP contribution in [0.1, 0.15) is 28.5 Å². The highest BCUT2D eigenvalue weighted by Gasteiger charge is 2.17. The average Bonchev–Trinajstić information content (AvgIpc) is 2.71. The highest BCUT2D eigenvalue weighted by molar-refractivity contribution is 9.10. The molecule has 1 heterocycles. The summed E-state index contributed by atoms with van der Waals surface area (Å²) < 4.78 is 1.86. The maximum Gasteiger partial charge on any atom is 0.179 e. The van der Waals surface area contributed by atoms with E-state index in [2.05, 4.69) is 33.2 Å². The summed E-state index contributed by atoms with van der Waals surface area (Å²) in [5.41, 5.74) is 2.78. The monoisotopic (exact) mass is 306 g/mol. The van der Waals surface area contributed by atoms with E-state index in [4.69, 9.17) is 0 Å². The van der Waals surface area contributed by atoms with Crippen LogP contribution in [-0.4, -0.2) is 20.4 Å². The number of benzene rings is 1. The molecule has 0 amide bonds. The molecule has 0 bridgehead atoms. The van der Waals surface area contributed by atoms with Crippen molar-refractivity contribution in [3.8, 4) is 0 Å². The summed E-state index contributed by atoms with van der Waals surface area (Å²) in [6.45, 7) is 4.45. The Bertz CT molecular complexity index is 546. The first-order valence-corrected chi connectivity index (χ1v) is 6.75. The molecule has 0 radical (unpaired) electrons. The normalized spacial score (nSPS) is 12.4. The van der Waals surface area contributed by atoms with Crippen molar-refractivity contribution in [1.29, 1.82) is 0 Å². The smallest absolute Gasteiger partial charge is 0.179 e. The molecule has 0 aliphatic heterocycles. The van der Waals surface area contributed by atoms with Gasteiger partial charge in [0.2, 0.25) is 0 Å². The number of alkyl halides is 1. The number of Topliss-reactive ketones (excluding diaryl/α,β-unsaturated/α-hetero) is 1. The van der Waals surface area contributed by atoms with E-state index in [0.29, 0.717) is 12.1 Å². The Morgan fingerprint density at radius 1 is 1.39 bits per heavy atom. The lowest BCUT2D eigenvalue weighted by Crippen LogP contribution is -2.12. The van der Waals surface area contributed by atoms with Gasteiger partial charge in [0.25, 0.3) is 0 Å². The van der Waals surface area contributed by atoms with Gasteiger partial charge in [0.1, 0.15) is 0 Å². The van der Waals surface area contributed by atoms with Crippen LogP contribution in [0.4, 0.5) is 0 Å². The molecule has 1 aromatic carbocycles. The van der Waals surface area contributed by atoms with Gasteiger partial charge in [0.05, 0.1) is 23.1 Å². The predicted octanol–water partition coefficient (Wildman–Crippen LogP) is 3.21. The van der Waals surface area contributed by atoms with Gasteiger partial charge < -0.3 is 0 Å². The van der Waals surface area contributed by atoms with E-state index in [-0.39, 0.29) is 10.6 Å². The second-order valence-corrected chi connectivity index (χ2v) is 5.64. The number of aromatic nitrogens is 2. The van der Waals surface area contributed by atoms with E-state index in [9.17, 15) is 4.79 Å². The fourth-order valence-electron chi connectivity index (χ4n) is 1.82. The van der Waals surface area contributed by atoms with Crippen LogP contribution in [0.5, 0.6) is 0 Å². The molecule has 2 rings (SSSR count). The van der Waals surface area contributed by atoms with Crippen molar-refractivity contribution < 1.29 is 4.79 Å². The number of hydrogen-bond acceptors (Lipinski definition) is 2. The molecule has 0 spiro atoms. The van der Waals surface area contributed by atoms with Crippen LogP contribution in [0.3, 0.4) is 0 Å². The standard InChI is InChI=1S/C14H15BrN2O/c1-10(15)14(18)13-8-16-17(11(13)2)9-12-6-4-3-5-7-12/h3-8,10H,9H2,1-2H3. The van der Waals surface area contributed by atoms with Crippen molar-refractivity contribution in [2.75, 3.05) is 0 Å². The summed E-state index contributed by atoms with van der Waals surface area (Å²) in [7, 11) is 0. The minimum Gasteiger partial charge on any atom is -0.293 e. The van der Waals surface area contributed by atoms with Crippen molar-refractivity contribution in [3.05, 3.63) is 53.3 Å². The molecular weight excluding hydrogens is 292 g/mol. The van der Waals surface area contributed by atoms with Gasteiger partial charge in [0.15, 0.2) is 5.78 Å². The second-order valence-electron chi connectivity index (χ2n) is 4.27. The third-order valence-electron chi connectivity index (χ3n) is 2.91. The molecule has 0 aliphatic carbocycles. The molecule has 2 aromatic rings. The Balaban J connectivity index is 2.24. The minimum absolute atomic E-state index is 0.0758. The van der Waals surface area contributed by atoms with Crippen LogP contribution in [0.15, 0.2) is 36.5 Å². The molecule has 0 N–H and O–H groups in total. The van der Waals surface area contributed by atoms with Crippen LogP contribution < -0.4 is 0 Å². The van der Waals surface area contributed by atoms with E-state index in [1.54, 1.807) is 6.20 Å². The van der Waals surface area contributed by atoms with Crippen molar-refractivity contribution >= 4 is 21.7 Å². The van der Waals surface area contributed by atoms with E-state index < -0.39 is 0 Å². The van der Waals surface area contributed by atoms with Crippen molar-refractivity contribution in [3.63, 3.8) is 0 Å². The van der Waals surface area contributed by atoms with Gasteiger partial charge >= 0.3 is 0 Å². The summed E-state index contributed by atoms with van der Waals surface area (Å²) in [4.78, 5) is 11.8. The summed E-state index contributed by atoms with van der Waals surface area (Å²) in [5.74, 6) is 0.0758. The lowest BCUT2D eigenvalue weighted by atomic mass is 10.1. The van der Waals surface area contributed by atoms with Crippen molar-refractivity contribution in [2.45, 2.75) is 25.2 Å². The molecule has 0 saturated carbocycles. The summed E-state index contributed by atoms with van der Waals surface area (Å²) in [5, 5.41) is 4.29. The van der Waals surface area contributed by atoms with Gasteiger partial charge in [-0.3, -0.25) is 9.48 Å². The predicted molar refractivity (Wildman–Crippen MR) is 75.2 cm³/mol. The zero-order valence-corrected chi connectivity index (χ0v) is 12.0. The lowest BCUT2D eigenvalue weighted by Gasteiger charge is -2.06. The largest absolute Gasteiger partial charge is 0.293 e. The maximum absolute atomic E-state index is 11.9. The Labute approximate surface area is 115 Å². The fourth-order valence-corrected chi connectivity index (χ4v) is 2.07. The third kappa shape index (κ3) is 2.70. The van der Waals surface area contributed by atoms with Gasteiger partial charge in [-0.2, -0.15) is 5.10 Å². The summed E-state index contributed by atoms with van der Waals surface area (Å²) >= 11 is 3.30. The number of halogens is 1. The highest BCUT2D eigenvalue weighted by Crippen LogP contribution is 2.15. The SMILES string of the molecule is Cc1c(C(=O)C(C)Br)cnn1Cc1ccccc1. The molecule has 3 nitrogen and oxygen atoms in total. The summed E-state index contributed by atoms with van der Waals surface area (Å²) in [6, 6.07) is 10.1. The van der Waals surface area contributed by atoms with E-state index in [1.165, 1.54) is 5.56 Å². The van der Waals surface area contributed by atoms with Crippen LogP contribution in [-0.2, 0) is 6.54 Å². The van der Waals surface area contributed by atoms with E-state index >= 15 is 0 Å². The molecule has 0 aliphatic rings. The van der Waals surface area contributed by atoms with Crippen LogP contribution in [0.2, 0.25) is 0 Å². The van der Waals surface area contributed by atoms with Crippen LogP contribution >= 0.6 is 15.9 Å². The Kier molecular flexibility index (Phi) is 3.97. The van der Waals surface area contributed by atoms with Crippen LogP contribution in [0.25, 0.3) is 0 Å². The topological polar surface area (TPSA) is 34.9 Å². The molecule has 18 heavy (non-hydrogen) atoms. The molecule has 0 fully saturated rings. The third-order valence-corrected chi connectivity index (χ3v) is 3.32. The molecule has 1 atom stereocenters. The van der Waals surface area contributed by atoms with Gasteiger partial charge in [-0.15, -0.1) is 0 Å². The van der Waals surface area contributed by atoms with E-state index in [1.807, 2.05) is 36.7 Å². The first kappa shape index (κ1) is 13.0. The zero-order chi connectivity index (χ0) is 13.1. The van der Waals surface area contributed by atoms with E-state index in [0.717, 1.165) is 5.69 Å². The minimum atomic E-state index is -0.175. The number of rotatable bonds is 4. The first-order chi connectivity index (χ1) is 8.59. The Hall–Kier alpha value is -1.42. The number of carbonyl (C=O) groups excluding carboxylic acids is 1. The van der Waals surface area contributed by atoms with Gasteiger partial charge in [-0.05, 0) is 19.4 Å². The van der Waals surface area contributed by atoms with Gasteiger partial charge in [0, 0.05) is 5.69 Å². The number of carbonyl (C=O) groups is 1. The maximum atomic E-state index is 11.9. The quantitative estimate of drug-likeness (QED) is 0.642. The molecule has 1 aromatic heterocycles. The molecular formula is C14H15BrN2O. The number of hydrogen-bond donors (Lipinski definition) is 0. The van der Waals surface area contributed by atoms with Crippen molar-refractivity contribution in [1.82, 2.24) is 9.78 Å². The second kappa shape index (κ2) is 5.48. The average molecular weight is 307 g/mol. The Morgan fingerprint density at radius 2 is 2.06 bits per heavy atom. The highest BCUT2D eigenvalue weighted by atomic mass is 79.9. The molecule has 0 saturated heterocycles.